The molecule has 0 atom stereocenters. The van der Waals surface area contributed by atoms with Gasteiger partial charge < -0.3 is 10.5 Å². The number of ether oxygens (including phenoxy) is 1. The Morgan fingerprint density at radius 3 is 2.37 bits per heavy atom. The maximum atomic E-state index is 12.5. The molecule has 0 aromatic heterocycles. The Morgan fingerprint density at radius 2 is 1.74 bits per heavy atom. The molecule has 3 rings (SSSR count). The summed E-state index contributed by atoms with van der Waals surface area (Å²) in [7, 11) is 0. The molecule has 0 aliphatic carbocycles. The molecule has 0 heterocycles. The normalized spacial score (nSPS) is 11.4. The summed E-state index contributed by atoms with van der Waals surface area (Å²) in [6, 6.07) is 18.4. The molecule has 3 aromatic rings. The van der Waals surface area contributed by atoms with Gasteiger partial charge in [0.1, 0.15) is 11.6 Å². The first kappa shape index (κ1) is 18.6. The van der Waals surface area contributed by atoms with Gasteiger partial charge in [0.2, 0.25) is 0 Å². The Labute approximate surface area is 159 Å². The van der Waals surface area contributed by atoms with Gasteiger partial charge >= 0.3 is 5.97 Å². The van der Waals surface area contributed by atoms with E-state index in [1.54, 1.807) is 30.3 Å². The zero-order valence-electron chi connectivity index (χ0n) is 15.9. The summed E-state index contributed by atoms with van der Waals surface area (Å²) in [6.07, 6.45) is 0.945. The smallest absolute Gasteiger partial charge is 0.343 e. The van der Waals surface area contributed by atoms with Crippen LogP contribution in [0.25, 0.3) is 10.8 Å². The van der Waals surface area contributed by atoms with Gasteiger partial charge in [-0.1, -0.05) is 57.2 Å². The summed E-state index contributed by atoms with van der Waals surface area (Å²) >= 11 is 0. The molecule has 27 heavy (non-hydrogen) atoms. The topological polar surface area (TPSA) is 76.2 Å². The Kier molecular flexibility index (Phi) is 5.00. The van der Waals surface area contributed by atoms with Crippen LogP contribution in [0.1, 0.15) is 42.3 Å². The molecule has 0 fully saturated rings. The maximum Gasteiger partial charge on any atom is 0.343 e. The summed E-state index contributed by atoms with van der Waals surface area (Å²) in [6.45, 7) is 6.55. The number of nitrogens with one attached hydrogen (secondary N) is 1. The molecule has 0 spiro atoms. The highest BCUT2D eigenvalue weighted by molar-refractivity contribution is 6.08. The molecule has 0 aliphatic heterocycles. The molecule has 0 radical (unpaired) electrons. The second kappa shape index (κ2) is 7.23. The van der Waals surface area contributed by atoms with E-state index in [0.29, 0.717) is 16.9 Å². The summed E-state index contributed by atoms with van der Waals surface area (Å²) in [5.41, 5.74) is 8.17. The van der Waals surface area contributed by atoms with Crippen molar-refractivity contribution < 1.29 is 9.53 Å². The van der Waals surface area contributed by atoms with Crippen LogP contribution in [0.2, 0.25) is 0 Å². The van der Waals surface area contributed by atoms with E-state index in [9.17, 15) is 4.79 Å². The Hall–Kier alpha value is -3.14. The fourth-order valence-corrected chi connectivity index (χ4v) is 3.09. The van der Waals surface area contributed by atoms with E-state index in [1.807, 2.05) is 30.3 Å². The first-order chi connectivity index (χ1) is 12.7. The maximum absolute atomic E-state index is 12.5. The lowest BCUT2D eigenvalue weighted by atomic mass is 9.88. The van der Waals surface area contributed by atoms with Crippen LogP contribution in [0.3, 0.4) is 0 Å². The van der Waals surface area contributed by atoms with E-state index in [1.165, 1.54) is 5.56 Å². The van der Waals surface area contributed by atoms with Crippen LogP contribution in [0, 0.1) is 10.8 Å². The third-order valence-corrected chi connectivity index (χ3v) is 4.28. The van der Waals surface area contributed by atoms with Gasteiger partial charge in [-0.25, -0.2) is 4.79 Å². The van der Waals surface area contributed by atoms with Gasteiger partial charge in [0, 0.05) is 5.56 Å². The predicted molar refractivity (Wildman–Crippen MR) is 110 cm³/mol. The number of rotatable bonds is 4. The largest absolute Gasteiger partial charge is 0.423 e. The van der Waals surface area contributed by atoms with Crippen LogP contribution >= 0.6 is 0 Å². The van der Waals surface area contributed by atoms with Gasteiger partial charge in [0.15, 0.2) is 0 Å². The van der Waals surface area contributed by atoms with Gasteiger partial charge in [-0.15, -0.1) is 0 Å². The number of amidine groups is 1. The number of esters is 1. The van der Waals surface area contributed by atoms with Gasteiger partial charge in [-0.3, -0.25) is 5.41 Å². The third kappa shape index (κ3) is 4.53. The third-order valence-electron chi connectivity index (χ3n) is 4.28. The lowest BCUT2D eigenvalue weighted by molar-refractivity contribution is 0.0735. The molecule has 3 N–H and O–H groups in total. The van der Waals surface area contributed by atoms with Gasteiger partial charge in [0.25, 0.3) is 0 Å². The number of hydrogen-bond acceptors (Lipinski definition) is 3. The number of carbonyl (C=O) groups is 1. The first-order valence-electron chi connectivity index (χ1n) is 8.91. The van der Waals surface area contributed by atoms with E-state index >= 15 is 0 Å². The van der Waals surface area contributed by atoms with Crippen LogP contribution in [0.15, 0.2) is 60.7 Å². The zero-order chi connectivity index (χ0) is 19.6. The SMILES string of the molecule is CC(C)(C)Cc1ccc(C(=O)Oc2ccc3cccc(C(=N)N)c3c2)cc1. The molecule has 0 aliphatic rings. The van der Waals surface area contributed by atoms with Crippen molar-refractivity contribution in [2.75, 3.05) is 0 Å². The fraction of sp³-hybridized carbons (Fsp3) is 0.217. The molecular formula is C23H24N2O2. The van der Waals surface area contributed by atoms with Crippen LogP contribution in [-0.4, -0.2) is 11.8 Å². The van der Waals surface area contributed by atoms with Crippen molar-refractivity contribution in [3.63, 3.8) is 0 Å². The van der Waals surface area contributed by atoms with E-state index in [2.05, 4.69) is 20.8 Å². The van der Waals surface area contributed by atoms with Crippen molar-refractivity contribution in [1.82, 2.24) is 0 Å². The van der Waals surface area contributed by atoms with Crippen molar-refractivity contribution in [2.24, 2.45) is 11.1 Å². The van der Waals surface area contributed by atoms with Gasteiger partial charge in [-0.2, -0.15) is 0 Å². The minimum atomic E-state index is -0.406. The Bertz CT molecular complexity index is 999. The van der Waals surface area contributed by atoms with E-state index in [0.717, 1.165) is 17.2 Å². The second-order valence-corrected chi connectivity index (χ2v) is 7.93. The lowest BCUT2D eigenvalue weighted by Gasteiger charge is -2.18. The molecule has 0 bridgehead atoms. The van der Waals surface area contributed by atoms with Crippen LogP contribution < -0.4 is 10.5 Å². The highest BCUT2D eigenvalue weighted by atomic mass is 16.5. The van der Waals surface area contributed by atoms with Crippen molar-refractivity contribution in [3.8, 4) is 5.75 Å². The Balaban J connectivity index is 1.81. The molecule has 4 heteroatoms. The molecule has 138 valence electrons. The quantitative estimate of drug-likeness (QED) is 0.300. The van der Waals surface area contributed by atoms with E-state index in [-0.39, 0.29) is 11.3 Å². The highest BCUT2D eigenvalue weighted by Crippen LogP contribution is 2.25. The van der Waals surface area contributed by atoms with Gasteiger partial charge in [0.05, 0.1) is 5.56 Å². The number of fused-ring (bicyclic) bond motifs is 1. The summed E-state index contributed by atoms with van der Waals surface area (Å²) in [5, 5.41) is 9.44. The highest BCUT2D eigenvalue weighted by Gasteiger charge is 2.13. The summed E-state index contributed by atoms with van der Waals surface area (Å²) in [5.74, 6) is 0.00967. The molecular weight excluding hydrogens is 336 g/mol. The number of nitrogen functional groups attached to an aromatic ring is 1. The molecule has 3 aromatic carbocycles. The van der Waals surface area contributed by atoms with Crippen molar-refractivity contribution in [1.29, 1.82) is 5.41 Å². The van der Waals surface area contributed by atoms with Crippen molar-refractivity contribution >= 4 is 22.6 Å². The van der Waals surface area contributed by atoms with Crippen molar-refractivity contribution in [2.45, 2.75) is 27.2 Å². The molecule has 0 saturated heterocycles. The molecule has 0 saturated carbocycles. The molecule has 0 amide bonds. The standard InChI is InChI=1S/C23H24N2O2/c1-23(2,3)14-15-7-9-17(10-8-15)22(26)27-18-12-11-16-5-4-6-19(21(24)25)20(16)13-18/h4-13H,14H2,1-3H3,(H3,24,25). The van der Waals surface area contributed by atoms with E-state index < -0.39 is 5.97 Å². The zero-order valence-corrected chi connectivity index (χ0v) is 15.9. The van der Waals surface area contributed by atoms with E-state index in [4.69, 9.17) is 15.9 Å². The number of hydrogen-bond donors (Lipinski definition) is 2. The minimum Gasteiger partial charge on any atom is -0.423 e. The summed E-state index contributed by atoms with van der Waals surface area (Å²) < 4.78 is 5.53. The lowest BCUT2D eigenvalue weighted by Crippen LogP contribution is -2.12. The van der Waals surface area contributed by atoms with Crippen molar-refractivity contribution in [3.05, 3.63) is 77.4 Å². The van der Waals surface area contributed by atoms with Crippen LogP contribution in [-0.2, 0) is 6.42 Å². The van der Waals surface area contributed by atoms with Crippen LogP contribution in [0.5, 0.6) is 5.75 Å². The Morgan fingerprint density at radius 1 is 1.04 bits per heavy atom. The first-order valence-corrected chi connectivity index (χ1v) is 8.91. The summed E-state index contributed by atoms with van der Waals surface area (Å²) in [4.78, 5) is 12.5. The van der Waals surface area contributed by atoms with Gasteiger partial charge in [-0.05, 0) is 52.4 Å². The number of benzene rings is 3. The average molecular weight is 360 g/mol. The predicted octanol–water partition coefficient (Wildman–Crippen LogP) is 4.93. The minimum absolute atomic E-state index is 0.0153. The average Bonchev–Trinajstić information content (AvgIpc) is 2.60. The number of carbonyl (C=O) groups excluding carboxylic acids is 1. The molecule has 4 nitrogen and oxygen atoms in total. The van der Waals surface area contributed by atoms with Crippen LogP contribution in [0.4, 0.5) is 0 Å². The second-order valence-electron chi connectivity index (χ2n) is 7.93. The number of nitrogens with two attached hydrogens (primary N) is 1. The molecule has 0 unspecified atom stereocenters. The fourth-order valence-electron chi connectivity index (χ4n) is 3.09. The monoisotopic (exact) mass is 360 g/mol.